The lowest BCUT2D eigenvalue weighted by Crippen LogP contribution is -2.14. The SMILES string of the molecule is CSc1ccc2[nH]cc(CCN(C)C)c2c1. The average molecular weight is 234 g/mol. The largest absolute Gasteiger partial charge is 0.361 e. The summed E-state index contributed by atoms with van der Waals surface area (Å²) in [7, 11) is 4.23. The molecule has 86 valence electrons. The van der Waals surface area contributed by atoms with Gasteiger partial charge in [0.05, 0.1) is 0 Å². The molecule has 1 aromatic heterocycles. The highest BCUT2D eigenvalue weighted by atomic mass is 32.2. The van der Waals surface area contributed by atoms with E-state index in [2.05, 4.69) is 54.6 Å². The zero-order valence-corrected chi connectivity index (χ0v) is 10.9. The van der Waals surface area contributed by atoms with E-state index in [9.17, 15) is 0 Å². The second-order valence-corrected chi connectivity index (χ2v) is 5.16. The molecule has 1 N–H and O–H groups in total. The van der Waals surface area contributed by atoms with Gasteiger partial charge in [0.25, 0.3) is 0 Å². The Kier molecular flexibility index (Phi) is 3.56. The molecule has 1 aromatic carbocycles. The number of nitrogens with zero attached hydrogens (tertiary/aromatic N) is 1. The van der Waals surface area contributed by atoms with Crippen molar-refractivity contribution in [2.75, 3.05) is 26.9 Å². The molecule has 2 nitrogen and oxygen atoms in total. The fraction of sp³-hybridized carbons (Fsp3) is 0.385. The Morgan fingerprint density at radius 3 is 2.81 bits per heavy atom. The highest BCUT2D eigenvalue weighted by Crippen LogP contribution is 2.24. The van der Waals surface area contributed by atoms with E-state index in [0.717, 1.165) is 13.0 Å². The summed E-state index contributed by atoms with van der Waals surface area (Å²) in [6, 6.07) is 6.61. The van der Waals surface area contributed by atoms with Gasteiger partial charge in [-0.2, -0.15) is 0 Å². The van der Waals surface area contributed by atoms with Crippen LogP contribution in [0.25, 0.3) is 10.9 Å². The van der Waals surface area contributed by atoms with Crippen molar-refractivity contribution >= 4 is 22.7 Å². The highest BCUT2D eigenvalue weighted by Gasteiger charge is 2.04. The summed E-state index contributed by atoms with van der Waals surface area (Å²) >= 11 is 1.80. The molecule has 0 saturated heterocycles. The molecule has 0 amide bonds. The number of rotatable bonds is 4. The van der Waals surface area contributed by atoms with E-state index in [1.165, 1.54) is 21.4 Å². The maximum atomic E-state index is 3.34. The second kappa shape index (κ2) is 4.93. The maximum absolute atomic E-state index is 3.34. The molecular formula is C13H18N2S. The molecular weight excluding hydrogens is 216 g/mol. The van der Waals surface area contributed by atoms with Crippen LogP contribution in [0, 0.1) is 0 Å². The smallest absolute Gasteiger partial charge is 0.0457 e. The number of nitrogens with one attached hydrogen (secondary N) is 1. The minimum atomic E-state index is 1.09. The zero-order chi connectivity index (χ0) is 11.5. The van der Waals surface area contributed by atoms with Crippen molar-refractivity contribution in [3.63, 3.8) is 0 Å². The first-order valence-corrected chi connectivity index (χ1v) is 6.72. The van der Waals surface area contributed by atoms with E-state index in [1.54, 1.807) is 11.8 Å². The van der Waals surface area contributed by atoms with Crippen LogP contribution in [-0.2, 0) is 6.42 Å². The van der Waals surface area contributed by atoms with Crippen LogP contribution in [0.2, 0.25) is 0 Å². The van der Waals surface area contributed by atoms with E-state index in [4.69, 9.17) is 0 Å². The van der Waals surface area contributed by atoms with Gasteiger partial charge in [-0.15, -0.1) is 11.8 Å². The Morgan fingerprint density at radius 2 is 2.12 bits per heavy atom. The van der Waals surface area contributed by atoms with Crippen LogP contribution < -0.4 is 0 Å². The lowest BCUT2D eigenvalue weighted by Gasteiger charge is -2.08. The molecule has 0 aliphatic carbocycles. The molecule has 0 unspecified atom stereocenters. The van der Waals surface area contributed by atoms with Gasteiger partial charge in [-0.1, -0.05) is 0 Å². The van der Waals surface area contributed by atoms with Crippen molar-refractivity contribution < 1.29 is 0 Å². The summed E-state index contributed by atoms with van der Waals surface area (Å²) in [5, 5.41) is 1.37. The van der Waals surface area contributed by atoms with E-state index in [-0.39, 0.29) is 0 Å². The van der Waals surface area contributed by atoms with Crippen LogP contribution >= 0.6 is 11.8 Å². The third-order valence-corrected chi connectivity index (χ3v) is 3.53. The molecule has 2 aromatic rings. The van der Waals surface area contributed by atoms with Crippen molar-refractivity contribution in [2.45, 2.75) is 11.3 Å². The first kappa shape index (κ1) is 11.6. The minimum Gasteiger partial charge on any atom is -0.361 e. The number of hydrogen-bond donors (Lipinski definition) is 1. The predicted octanol–water partition coefficient (Wildman–Crippen LogP) is 2.99. The summed E-state index contributed by atoms with van der Waals surface area (Å²) in [6.45, 7) is 1.09. The van der Waals surface area contributed by atoms with Crippen LogP contribution in [0.3, 0.4) is 0 Å². The van der Waals surface area contributed by atoms with Gasteiger partial charge >= 0.3 is 0 Å². The topological polar surface area (TPSA) is 19.0 Å². The Bertz CT molecular complexity index is 474. The number of fused-ring (bicyclic) bond motifs is 1. The Hall–Kier alpha value is -0.930. The summed E-state index contributed by atoms with van der Waals surface area (Å²) in [4.78, 5) is 6.89. The van der Waals surface area contributed by atoms with Crippen molar-refractivity contribution in [3.8, 4) is 0 Å². The van der Waals surface area contributed by atoms with Crippen molar-refractivity contribution in [3.05, 3.63) is 30.0 Å². The Labute approximate surface area is 101 Å². The third-order valence-electron chi connectivity index (χ3n) is 2.80. The van der Waals surface area contributed by atoms with Crippen LogP contribution in [0.5, 0.6) is 0 Å². The van der Waals surface area contributed by atoms with Crippen LogP contribution in [0.4, 0.5) is 0 Å². The number of aromatic amines is 1. The monoisotopic (exact) mass is 234 g/mol. The number of aromatic nitrogens is 1. The maximum Gasteiger partial charge on any atom is 0.0457 e. The normalized spacial score (nSPS) is 11.5. The average Bonchev–Trinajstić information content (AvgIpc) is 2.68. The van der Waals surface area contributed by atoms with Crippen molar-refractivity contribution in [1.29, 1.82) is 0 Å². The molecule has 0 aliphatic rings. The number of likely N-dealkylation sites (N-methyl/N-ethyl adjacent to an activating group) is 1. The third kappa shape index (κ3) is 2.42. The highest BCUT2D eigenvalue weighted by molar-refractivity contribution is 7.98. The quantitative estimate of drug-likeness (QED) is 0.820. The Balaban J connectivity index is 2.30. The van der Waals surface area contributed by atoms with Crippen LogP contribution in [0.15, 0.2) is 29.3 Å². The summed E-state index contributed by atoms with van der Waals surface area (Å²) < 4.78 is 0. The number of thioether (sulfide) groups is 1. The van der Waals surface area contributed by atoms with Crippen molar-refractivity contribution in [1.82, 2.24) is 9.88 Å². The summed E-state index contributed by atoms with van der Waals surface area (Å²) in [6.07, 6.45) is 5.36. The first-order valence-electron chi connectivity index (χ1n) is 5.49. The molecule has 3 heteroatoms. The number of hydrogen-bond acceptors (Lipinski definition) is 2. The summed E-state index contributed by atoms with van der Waals surface area (Å²) in [5.74, 6) is 0. The minimum absolute atomic E-state index is 1.09. The van der Waals surface area contributed by atoms with Gasteiger partial charge in [0.2, 0.25) is 0 Å². The van der Waals surface area contributed by atoms with E-state index < -0.39 is 0 Å². The molecule has 1 heterocycles. The van der Waals surface area contributed by atoms with Gasteiger partial charge in [-0.05, 0) is 50.5 Å². The van der Waals surface area contributed by atoms with Crippen LogP contribution in [-0.4, -0.2) is 36.8 Å². The standard InChI is InChI=1S/C13H18N2S/c1-15(2)7-6-10-9-14-13-5-4-11(16-3)8-12(10)13/h4-5,8-9,14H,6-7H2,1-3H3. The zero-order valence-electron chi connectivity index (χ0n) is 10.1. The van der Waals surface area contributed by atoms with Crippen molar-refractivity contribution in [2.24, 2.45) is 0 Å². The molecule has 0 radical (unpaired) electrons. The van der Waals surface area contributed by atoms with Gasteiger partial charge < -0.3 is 9.88 Å². The molecule has 16 heavy (non-hydrogen) atoms. The first-order chi connectivity index (χ1) is 7.70. The van der Waals surface area contributed by atoms with Gasteiger partial charge in [0.1, 0.15) is 0 Å². The van der Waals surface area contributed by atoms with E-state index in [0.29, 0.717) is 0 Å². The predicted molar refractivity (Wildman–Crippen MR) is 72.3 cm³/mol. The second-order valence-electron chi connectivity index (χ2n) is 4.28. The fourth-order valence-electron chi connectivity index (χ4n) is 1.84. The van der Waals surface area contributed by atoms with Gasteiger partial charge in [-0.3, -0.25) is 0 Å². The lowest BCUT2D eigenvalue weighted by atomic mass is 10.1. The fourth-order valence-corrected chi connectivity index (χ4v) is 2.28. The van der Waals surface area contributed by atoms with Gasteiger partial charge in [0.15, 0.2) is 0 Å². The molecule has 0 fully saturated rings. The number of H-pyrrole nitrogens is 1. The molecule has 0 spiro atoms. The van der Waals surface area contributed by atoms with Gasteiger partial charge in [0, 0.05) is 28.5 Å². The number of benzene rings is 1. The molecule has 0 bridgehead atoms. The molecule has 0 saturated carbocycles. The van der Waals surface area contributed by atoms with Gasteiger partial charge in [-0.25, -0.2) is 0 Å². The van der Waals surface area contributed by atoms with E-state index in [1.807, 2.05) is 0 Å². The van der Waals surface area contributed by atoms with E-state index >= 15 is 0 Å². The molecule has 0 aliphatic heterocycles. The van der Waals surface area contributed by atoms with Crippen LogP contribution in [0.1, 0.15) is 5.56 Å². The summed E-state index contributed by atoms with van der Waals surface area (Å²) in [5.41, 5.74) is 2.66. The lowest BCUT2D eigenvalue weighted by molar-refractivity contribution is 0.414. The molecule has 0 atom stereocenters. The molecule has 2 rings (SSSR count). The Morgan fingerprint density at radius 1 is 1.31 bits per heavy atom.